The Kier molecular flexibility index (Phi) is 7.43. The van der Waals surface area contributed by atoms with Crippen LogP contribution >= 0.6 is 0 Å². The van der Waals surface area contributed by atoms with Gasteiger partial charge in [0.25, 0.3) is 0 Å². The Balaban J connectivity index is 1.20. The summed E-state index contributed by atoms with van der Waals surface area (Å²) >= 11 is 0. The Morgan fingerprint density at radius 2 is 1.85 bits per heavy atom. The number of cyclic esters (lactones) is 1. The molecule has 0 aromatic heterocycles. The van der Waals surface area contributed by atoms with E-state index in [1.54, 1.807) is 6.92 Å². The first kappa shape index (κ1) is 29.0. The summed E-state index contributed by atoms with van der Waals surface area (Å²) in [6, 6.07) is 0. The van der Waals surface area contributed by atoms with Gasteiger partial charge in [0.2, 0.25) is 0 Å². The smallest absolute Gasteiger partial charge is 0.331 e. The van der Waals surface area contributed by atoms with E-state index in [1.807, 2.05) is 0 Å². The number of carbonyl (C=O) groups excluding carboxylic acids is 1. The van der Waals surface area contributed by atoms with Crippen LogP contribution in [0.3, 0.4) is 0 Å². The van der Waals surface area contributed by atoms with Crippen molar-refractivity contribution in [3.63, 3.8) is 0 Å². The molecule has 0 aromatic carbocycles. The molecule has 0 bridgehead atoms. The van der Waals surface area contributed by atoms with Crippen LogP contribution in [0.4, 0.5) is 0 Å². The van der Waals surface area contributed by atoms with Gasteiger partial charge in [-0.1, -0.05) is 6.92 Å². The Bertz CT molecular complexity index is 1020. The van der Waals surface area contributed by atoms with Crippen LogP contribution in [0.15, 0.2) is 11.6 Å². The van der Waals surface area contributed by atoms with Gasteiger partial charge in [-0.15, -0.1) is 0 Å². The molecule has 6 aliphatic rings. The summed E-state index contributed by atoms with van der Waals surface area (Å²) < 4.78 is 22.6. The van der Waals surface area contributed by atoms with Gasteiger partial charge in [-0.05, 0) is 80.6 Å². The van der Waals surface area contributed by atoms with E-state index in [0.717, 1.165) is 37.7 Å². The Hall–Kier alpha value is -1.11. The molecular weight excluding hydrogens is 520 g/mol. The number of hydrogen-bond acceptors (Lipinski definition) is 10. The second-order valence-electron chi connectivity index (χ2n) is 13.8. The highest BCUT2D eigenvalue weighted by molar-refractivity contribution is 5.85. The average molecular weight is 567 g/mol. The summed E-state index contributed by atoms with van der Waals surface area (Å²) in [6.45, 7) is 4.01. The SMILES string of the molecule is CO[C@H]1[C@@H](O)[C@@H](C)O[C@@H](O[C@H]2CC[C@@]3(CO)[C@H](CC[C@@H]4[C@@H]3CC[C@]3(C)[C@@H](C5=CC(=O)OC5)[C@@H](O)C[C@]43O)C2)[C@@H]1O. The van der Waals surface area contributed by atoms with Gasteiger partial charge in [0, 0.05) is 37.5 Å². The molecule has 2 aliphatic heterocycles. The van der Waals surface area contributed by atoms with E-state index in [1.165, 1.54) is 13.2 Å². The largest absolute Gasteiger partial charge is 0.458 e. The third-order valence-electron chi connectivity index (χ3n) is 12.3. The summed E-state index contributed by atoms with van der Waals surface area (Å²) in [4.78, 5) is 11.8. The number of fused-ring (bicyclic) bond motifs is 5. The number of rotatable bonds is 5. The molecule has 4 saturated carbocycles. The first-order valence-corrected chi connectivity index (χ1v) is 15.1. The minimum Gasteiger partial charge on any atom is -0.458 e. The summed E-state index contributed by atoms with van der Waals surface area (Å²) in [5, 5.41) is 55.7. The predicted octanol–water partition coefficient (Wildman–Crippen LogP) is 1.05. The van der Waals surface area contributed by atoms with Gasteiger partial charge < -0.3 is 44.5 Å². The maximum Gasteiger partial charge on any atom is 0.331 e. The molecule has 0 spiro atoms. The lowest BCUT2D eigenvalue weighted by Gasteiger charge is -2.64. The van der Waals surface area contributed by atoms with Crippen molar-refractivity contribution in [2.45, 2.75) is 114 Å². The van der Waals surface area contributed by atoms with E-state index in [9.17, 15) is 30.3 Å². The lowest BCUT2D eigenvalue weighted by molar-refractivity contribution is -0.314. The summed E-state index contributed by atoms with van der Waals surface area (Å²) in [6.07, 6.45) is 1.86. The maximum absolute atomic E-state index is 12.4. The van der Waals surface area contributed by atoms with Crippen molar-refractivity contribution in [1.29, 1.82) is 0 Å². The molecule has 5 N–H and O–H groups in total. The molecule has 10 nitrogen and oxygen atoms in total. The molecule has 2 heterocycles. The van der Waals surface area contributed by atoms with Gasteiger partial charge in [0.15, 0.2) is 6.29 Å². The number of esters is 1. The van der Waals surface area contributed by atoms with Crippen LogP contribution in [0.2, 0.25) is 0 Å². The zero-order valence-electron chi connectivity index (χ0n) is 23.8. The van der Waals surface area contributed by atoms with Gasteiger partial charge in [-0.3, -0.25) is 0 Å². The molecule has 14 atom stereocenters. The highest BCUT2D eigenvalue weighted by Crippen LogP contribution is 2.70. The molecule has 4 aliphatic carbocycles. The number of aliphatic hydroxyl groups is 5. The lowest BCUT2D eigenvalue weighted by Crippen LogP contribution is -2.64. The van der Waals surface area contributed by atoms with Gasteiger partial charge in [-0.25, -0.2) is 4.79 Å². The molecule has 0 unspecified atom stereocenters. The van der Waals surface area contributed by atoms with E-state index in [2.05, 4.69) is 6.92 Å². The van der Waals surface area contributed by atoms with E-state index in [4.69, 9.17) is 18.9 Å². The second kappa shape index (κ2) is 10.3. The standard InChI is InChI=1S/C30H46O10/c1-15-24(34)26(37-3)25(35)27(39-15)40-18-6-9-29(14-31)17(11-18)4-5-20-19(29)7-8-28(2)23(16-10-22(33)38-13-16)21(32)12-30(20,28)36/h10,15,17-21,23-27,31-32,34-36H,4-9,11-14H2,1-3H3/t15-,17-,18+,19+,20-,21+,23+,24+,25-,26+,27+,28-,29-,30+/m1/s1. The summed E-state index contributed by atoms with van der Waals surface area (Å²) in [5.41, 5.74) is -1.24. The molecule has 226 valence electrons. The van der Waals surface area contributed by atoms with E-state index >= 15 is 0 Å². The van der Waals surface area contributed by atoms with E-state index in [0.29, 0.717) is 12.8 Å². The third kappa shape index (κ3) is 4.08. The maximum atomic E-state index is 12.4. The minimum absolute atomic E-state index is 0.0371. The van der Waals surface area contributed by atoms with Crippen LogP contribution in [0.25, 0.3) is 0 Å². The van der Waals surface area contributed by atoms with Crippen LogP contribution in [-0.2, 0) is 23.7 Å². The van der Waals surface area contributed by atoms with Crippen molar-refractivity contribution >= 4 is 5.97 Å². The monoisotopic (exact) mass is 566 g/mol. The summed E-state index contributed by atoms with van der Waals surface area (Å²) in [5.74, 6) is -0.461. The Morgan fingerprint density at radius 1 is 1.07 bits per heavy atom. The van der Waals surface area contributed by atoms with Crippen LogP contribution in [0.1, 0.15) is 65.2 Å². The molecule has 6 rings (SSSR count). The predicted molar refractivity (Wildman–Crippen MR) is 141 cm³/mol. The van der Waals surface area contributed by atoms with Crippen molar-refractivity contribution in [1.82, 2.24) is 0 Å². The third-order valence-corrected chi connectivity index (χ3v) is 12.3. The number of aliphatic hydroxyl groups excluding tert-OH is 4. The van der Waals surface area contributed by atoms with Gasteiger partial charge in [0.05, 0.1) is 23.9 Å². The molecule has 40 heavy (non-hydrogen) atoms. The van der Waals surface area contributed by atoms with Gasteiger partial charge in [-0.2, -0.15) is 0 Å². The molecule has 10 heteroatoms. The minimum atomic E-state index is -1.11. The number of methoxy groups -OCH3 is 1. The van der Waals surface area contributed by atoms with Crippen molar-refractivity contribution in [2.24, 2.45) is 34.5 Å². The molecule has 5 fully saturated rings. The normalized spacial score (nSPS) is 54.2. The highest BCUT2D eigenvalue weighted by atomic mass is 16.7. The fraction of sp³-hybridized carbons (Fsp3) is 0.900. The molecule has 0 amide bonds. The molecular formula is C30H46O10. The van der Waals surface area contributed by atoms with Crippen molar-refractivity contribution in [3.8, 4) is 0 Å². The van der Waals surface area contributed by atoms with E-state index in [-0.39, 0.29) is 60.8 Å². The Morgan fingerprint density at radius 3 is 2.52 bits per heavy atom. The first-order valence-electron chi connectivity index (χ1n) is 15.1. The van der Waals surface area contributed by atoms with Crippen molar-refractivity contribution in [3.05, 3.63) is 11.6 Å². The van der Waals surface area contributed by atoms with Crippen LogP contribution < -0.4 is 0 Å². The zero-order valence-corrected chi connectivity index (χ0v) is 23.8. The number of hydrogen-bond donors (Lipinski definition) is 5. The number of carbonyl (C=O) groups is 1. The highest BCUT2D eigenvalue weighted by Gasteiger charge is 2.70. The van der Waals surface area contributed by atoms with Crippen molar-refractivity contribution in [2.75, 3.05) is 20.3 Å². The zero-order chi connectivity index (χ0) is 28.6. The van der Waals surface area contributed by atoms with E-state index < -0.39 is 47.8 Å². The quantitative estimate of drug-likeness (QED) is 0.241. The molecule has 0 radical (unpaired) electrons. The Labute approximate surface area is 235 Å². The molecule has 0 aromatic rings. The van der Waals surface area contributed by atoms with Gasteiger partial charge >= 0.3 is 5.97 Å². The van der Waals surface area contributed by atoms with Crippen LogP contribution in [-0.4, -0.2) is 100 Å². The van der Waals surface area contributed by atoms with Gasteiger partial charge in [0.1, 0.15) is 24.9 Å². The number of ether oxygens (including phenoxy) is 4. The van der Waals surface area contributed by atoms with Crippen molar-refractivity contribution < 1.29 is 49.3 Å². The first-order chi connectivity index (χ1) is 19.0. The summed E-state index contributed by atoms with van der Waals surface area (Å²) in [7, 11) is 1.45. The lowest BCUT2D eigenvalue weighted by atomic mass is 9.43. The fourth-order valence-corrected chi connectivity index (χ4v) is 10.3. The topological polar surface area (TPSA) is 155 Å². The second-order valence-corrected chi connectivity index (χ2v) is 13.8. The molecule has 1 saturated heterocycles. The average Bonchev–Trinajstić information content (AvgIpc) is 3.43. The van der Waals surface area contributed by atoms with Crippen LogP contribution in [0, 0.1) is 34.5 Å². The van der Waals surface area contributed by atoms with Crippen LogP contribution in [0.5, 0.6) is 0 Å². The fourth-order valence-electron chi connectivity index (χ4n) is 10.3.